The van der Waals surface area contributed by atoms with E-state index in [1.165, 1.54) is 4.90 Å². The molecule has 1 saturated heterocycles. The fourth-order valence-electron chi connectivity index (χ4n) is 2.88. The number of aryl methyl sites for hydroxylation is 2. The van der Waals surface area contributed by atoms with Crippen LogP contribution >= 0.6 is 0 Å². The molecule has 0 aliphatic carbocycles. The van der Waals surface area contributed by atoms with Crippen molar-refractivity contribution in [1.82, 2.24) is 14.7 Å². The van der Waals surface area contributed by atoms with Crippen molar-refractivity contribution in [3.63, 3.8) is 0 Å². The van der Waals surface area contributed by atoms with Crippen LogP contribution in [0.5, 0.6) is 0 Å². The van der Waals surface area contributed by atoms with Gasteiger partial charge in [-0.1, -0.05) is 0 Å². The van der Waals surface area contributed by atoms with E-state index in [0.717, 1.165) is 17.0 Å². The molecule has 0 bridgehead atoms. The number of carboxylic acids is 1. The van der Waals surface area contributed by atoms with Crippen LogP contribution in [0, 0.1) is 13.8 Å². The van der Waals surface area contributed by atoms with E-state index in [4.69, 9.17) is 5.11 Å². The number of hydrogen-bond acceptors (Lipinski definition) is 4. The summed E-state index contributed by atoms with van der Waals surface area (Å²) in [5.41, 5.74) is 2.92. The van der Waals surface area contributed by atoms with Gasteiger partial charge in [0, 0.05) is 32.1 Å². The fourth-order valence-corrected chi connectivity index (χ4v) is 2.88. The lowest BCUT2D eigenvalue weighted by Gasteiger charge is -2.21. The average molecular weight is 295 g/mol. The molecule has 0 unspecified atom stereocenters. The predicted molar refractivity (Wildman–Crippen MR) is 74.8 cm³/mol. The lowest BCUT2D eigenvalue weighted by molar-refractivity contribution is -0.148. The van der Waals surface area contributed by atoms with Gasteiger partial charge in [-0.15, -0.1) is 0 Å². The standard InChI is InChI=1S/C14H21N3O4/c1-8-11(9(2)16(3)15-8)4-5-13(19)17-7-10(18)6-12(17)14(20)21/h10,12,18H,4-7H2,1-3H3,(H,20,21)/t10-,12-/m1/s1. The van der Waals surface area contributed by atoms with Gasteiger partial charge in [-0.3, -0.25) is 9.48 Å². The SMILES string of the molecule is Cc1nn(C)c(C)c1CCC(=O)N1C[C@H](O)C[C@@H]1C(=O)O. The average Bonchev–Trinajstić information content (AvgIpc) is 2.90. The minimum atomic E-state index is -1.06. The number of aliphatic hydroxyl groups is 1. The van der Waals surface area contributed by atoms with Crippen LogP contribution in [0.1, 0.15) is 29.8 Å². The molecule has 2 atom stereocenters. The van der Waals surface area contributed by atoms with Crippen molar-refractivity contribution in [3.05, 3.63) is 17.0 Å². The summed E-state index contributed by atoms with van der Waals surface area (Å²) in [5.74, 6) is -1.30. The summed E-state index contributed by atoms with van der Waals surface area (Å²) in [6.07, 6.45) is 0.107. The number of likely N-dealkylation sites (tertiary alicyclic amines) is 1. The van der Waals surface area contributed by atoms with Crippen molar-refractivity contribution in [2.45, 2.75) is 45.3 Å². The molecule has 7 heteroatoms. The third kappa shape index (κ3) is 3.07. The fraction of sp³-hybridized carbons (Fsp3) is 0.643. The molecule has 0 spiro atoms. The Kier molecular flexibility index (Phi) is 4.32. The Morgan fingerprint density at radius 2 is 2.05 bits per heavy atom. The van der Waals surface area contributed by atoms with Crippen molar-refractivity contribution in [2.24, 2.45) is 7.05 Å². The second kappa shape index (κ2) is 5.85. The maximum absolute atomic E-state index is 12.2. The minimum absolute atomic E-state index is 0.0980. The van der Waals surface area contributed by atoms with Crippen LogP contribution in [-0.2, 0) is 23.1 Å². The van der Waals surface area contributed by atoms with Crippen molar-refractivity contribution in [1.29, 1.82) is 0 Å². The Bertz CT molecular complexity index is 567. The Hall–Kier alpha value is -1.89. The topological polar surface area (TPSA) is 95.7 Å². The summed E-state index contributed by atoms with van der Waals surface area (Å²) in [4.78, 5) is 24.6. The Labute approximate surface area is 123 Å². The normalized spacial score (nSPS) is 21.8. The van der Waals surface area contributed by atoms with Crippen molar-refractivity contribution in [3.8, 4) is 0 Å². The number of nitrogens with zero attached hydrogens (tertiary/aromatic N) is 3. The third-order valence-corrected chi connectivity index (χ3v) is 4.13. The highest BCUT2D eigenvalue weighted by Crippen LogP contribution is 2.21. The maximum atomic E-state index is 12.2. The number of rotatable bonds is 4. The van der Waals surface area contributed by atoms with Crippen LogP contribution in [-0.4, -0.2) is 55.5 Å². The van der Waals surface area contributed by atoms with E-state index in [2.05, 4.69) is 5.10 Å². The molecule has 0 radical (unpaired) electrons. The van der Waals surface area contributed by atoms with Crippen molar-refractivity contribution in [2.75, 3.05) is 6.54 Å². The first-order valence-electron chi connectivity index (χ1n) is 7.00. The van der Waals surface area contributed by atoms with Crippen LogP contribution in [0.15, 0.2) is 0 Å². The van der Waals surface area contributed by atoms with Crippen LogP contribution in [0.4, 0.5) is 0 Å². The lowest BCUT2D eigenvalue weighted by Crippen LogP contribution is -2.40. The number of carbonyl (C=O) groups excluding carboxylic acids is 1. The second-order valence-corrected chi connectivity index (χ2v) is 5.56. The first kappa shape index (κ1) is 15.5. The smallest absolute Gasteiger partial charge is 0.326 e. The Morgan fingerprint density at radius 3 is 2.57 bits per heavy atom. The molecule has 1 aliphatic heterocycles. The molecule has 1 fully saturated rings. The van der Waals surface area contributed by atoms with Gasteiger partial charge in [0.25, 0.3) is 0 Å². The van der Waals surface area contributed by atoms with Gasteiger partial charge in [0.15, 0.2) is 0 Å². The van der Waals surface area contributed by atoms with Crippen LogP contribution in [0.3, 0.4) is 0 Å². The summed E-state index contributed by atoms with van der Waals surface area (Å²) in [7, 11) is 1.85. The van der Waals surface area contributed by atoms with Gasteiger partial charge in [-0.25, -0.2) is 4.79 Å². The molecule has 1 aromatic rings. The van der Waals surface area contributed by atoms with Gasteiger partial charge in [0.1, 0.15) is 6.04 Å². The highest BCUT2D eigenvalue weighted by molar-refractivity contribution is 5.84. The van der Waals surface area contributed by atoms with Gasteiger partial charge >= 0.3 is 5.97 Å². The highest BCUT2D eigenvalue weighted by atomic mass is 16.4. The molecule has 21 heavy (non-hydrogen) atoms. The number of β-amino-alcohol motifs (C(OH)–C–C–N with tert-alkyl or cyclic N) is 1. The molecule has 1 aromatic heterocycles. The number of amides is 1. The molecular formula is C14H21N3O4. The molecular weight excluding hydrogens is 274 g/mol. The number of hydrogen-bond donors (Lipinski definition) is 2. The molecule has 0 saturated carbocycles. The summed E-state index contributed by atoms with van der Waals surface area (Å²) in [6, 6.07) is -0.913. The van der Waals surface area contributed by atoms with E-state index in [0.29, 0.717) is 6.42 Å². The monoisotopic (exact) mass is 295 g/mol. The van der Waals surface area contributed by atoms with Crippen molar-refractivity contribution >= 4 is 11.9 Å². The molecule has 7 nitrogen and oxygen atoms in total. The van der Waals surface area contributed by atoms with E-state index in [-0.39, 0.29) is 25.3 Å². The number of aliphatic hydroxyl groups excluding tert-OH is 1. The number of aromatic nitrogens is 2. The minimum Gasteiger partial charge on any atom is -0.480 e. The largest absolute Gasteiger partial charge is 0.480 e. The summed E-state index contributed by atoms with van der Waals surface area (Å²) >= 11 is 0. The van der Waals surface area contributed by atoms with Gasteiger partial charge in [-0.2, -0.15) is 5.10 Å². The van der Waals surface area contributed by atoms with Crippen LogP contribution in [0.25, 0.3) is 0 Å². The third-order valence-electron chi connectivity index (χ3n) is 4.13. The molecule has 1 aliphatic rings. The van der Waals surface area contributed by atoms with E-state index < -0.39 is 18.1 Å². The zero-order valence-corrected chi connectivity index (χ0v) is 12.5. The first-order valence-corrected chi connectivity index (χ1v) is 7.00. The van der Waals surface area contributed by atoms with Crippen molar-refractivity contribution < 1.29 is 19.8 Å². The number of aliphatic carboxylic acids is 1. The van der Waals surface area contributed by atoms with Gasteiger partial charge in [-0.05, 0) is 25.8 Å². The van der Waals surface area contributed by atoms with Gasteiger partial charge < -0.3 is 15.1 Å². The molecule has 2 rings (SSSR count). The number of carbonyl (C=O) groups is 2. The van der Waals surface area contributed by atoms with Gasteiger partial charge in [0.2, 0.25) is 5.91 Å². The molecule has 1 amide bonds. The highest BCUT2D eigenvalue weighted by Gasteiger charge is 2.38. The van der Waals surface area contributed by atoms with E-state index >= 15 is 0 Å². The summed E-state index contributed by atoms with van der Waals surface area (Å²) in [5, 5.41) is 23.0. The quantitative estimate of drug-likeness (QED) is 0.816. The Morgan fingerprint density at radius 1 is 1.38 bits per heavy atom. The van der Waals surface area contributed by atoms with Gasteiger partial charge in [0.05, 0.1) is 11.8 Å². The lowest BCUT2D eigenvalue weighted by atomic mass is 10.1. The zero-order chi connectivity index (χ0) is 15.7. The summed E-state index contributed by atoms with van der Waals surface area (Å²) < 4.78 is 1.77. The van der Waals surface area contributed by atoms with Crippen LogP contribution in [0.2, 0.25) is 0 Å². The first-order chi connectivity index (χ1) is 9.81. The molecule has 2 N–H and O–H groups in total. The number of carboxylic acid groups (broad SMARTS) is 1. The maximum Gasteiger partial charge on any atom is 0.326 e. The molecule has 2 heterocycles. The van der Waals surface area contributed by atoms with E-state index in [1.54, 1.807) is 4.68 Å². The second-order valence-electron chi connectivity index (χ2n) is 5.56. The summed E-state index contributed by atoms with van der Waals surface area (Å²) in [6.45, 7) is 3.94. The van der Waals surface area contributed by atoms with E-state index in [9.17, 15) is 14.7 Å². The zero-order valence-electron chi connectivity index (χ0n) is 12.5. The van der Waals surface area contributed by atoms with Crippen LogP contribution < -0.4 is 0 Å². The predicted octanol–water partition coefficient (Wildman–Crippen LogP) is 0.0159. The van der Waals surface area contributed by atoms with E-state index in [1.807, 2.05) is 20.9 Å². The molecule has 116 valence electrons. The Balaban J connectivity index is 2.03. The molecule has 0 aromatic carbocycles.